The van der Waals surface area contributed by atoms with Gasteiger partial charge in [0.15, 0.2) is 0 Å². The SMILES string of the molecule is CCCOc1cc(OC)cc(-n2cc(C(=O)N(CC)c3cc(F)cc(F)c3)c(=O)c3ccc(OCCCCCCCC[N+]4(C)CCCCC4)cc32)c1. The number of aromatic nitrogens is 1. The maximum Gasteiger partial charge on any atom is 0.263 e. The zero-order chi connectivity index (χ0) is 37.1. The highest BCUT2D eigenvalue weighted by Gasteiger charge is 2.25. The number of unbranched alkanes of at least 4 members (excludes halogenated alkanes) is 5. The molecule has 1 aromatic heterocycles. The Bertz CT molecular complexity index is 1850. The van der Waals surface area contributed by atoms with E-state index < -0.39 is 23.0 Å². The van der Waals surface area contributed by atoms with E-state index >= 15 is 0 Å². The molecule has 0 aliphatic carbocycles. The smallest absolute Gasteiger partial charge is 0.263 e. The lowest BCUT2D eigenvalue weighted by Gasteiger charge is -2.37. The first-order valence-corrected chi connectivity index (χ1v) is 18.9. The van der Waals surface area contributed by atoms with Crippen molar-refractivity contribution in [3.63, 3.8) is 0 Å². The summed E-state index contributed by atoms with van der Waals surface area (Å²) in [6, 6.07) is 13.5. The zero-order valence-corrected chi connectivity index (χ0v) is 31.2. The minimum Gasteiger partial charge on any atom is -0.497 e. The number of fused-ring (bicyclic) bond motifs is 1. The first-order chi connectivity index (χ1) is 25.1. The van der Waals surface area contributed by atoms with E-state index in [1.54, 1.807) is 48.9 Å². The lowest BCUT2D eigenvalue weighted by Crippen LogP contribution is -2.48. The van der Waals surface area contributed by atoms with E-state index in [0.29, 0.717) is 47.1 Å². The van der Waals surface area contributed by atoms with Crippen molar-refractivity contribution >= 4 is 22.5 Å². The Morgan fingerprint density at radius 2 is 1.48 bits per heavy atom. The highest BCUT2D eigenvalue weighted by molar-refractivity contribution is 6.07. The Balaban J connectivity index is 1.37. The molecule has 0 radical (unpaired) electrons. The van der Waals surface area contributed by atoms with Gasteiger partial charge in [-0.25, -0.2) is 8.78 Å². The number of anilines is 1. The van der Waals surface area contributed by atoms with E-state index in [9.17, 15) is 18.4 Å². The standard InChI is InChI=1S/C42H54F2N3O5/c1-5-21-51-37-27-34(26-36(28-37)50-4)46-30-39(42(49)45(6-2)33-24-31(43)23-32(44)25-33)41(48)38-17-16-35(29-40(38)46)52-22-15-10-8-7-9-12-18-47(3)19-13-11-14-20-47/h16-17,23-30H,5-15,18-22H2,1-4H3/q+1. The predicted molar refractivity (Wildman–Crippen MR) is 203 cm³/mol. The second-order valence-electron chi connectivity index (χ2n) is 14.1. The minimum atomic E-state index is -0.820. The van der Waals surface area contributed by atoms with Crippen molar-refractivity contribution in [3.05, 3.63) is 88.2 Å². The Morgan fingerprint density at radius 1 is 0.808 bits per heavy atom. The average molecular weight is 719 g/mol. The number of carbonyl (C=O) groups excluding carboxylic acids is 1. The molecule has 8 nitrogen and oxygen atoms in total. The fraction of sp³-hybridized carbons (Fsp3) is 0.476. The molecular formula is C42H54F2N3O5+. The van der Waals surface area contributed by atoms with Crippen LogP contribution in [0.15, 0.2) is 65.6 Å². The van der Waals surface area contributed by atoms with Gasteiger partial charge in [0.1, 0.15) is 34.4 Å². The van der Waals surface area contributed by atoms with Crippen LogP contribution in [-0.4, -0.2) is 68.5 Å². The zero-order valence-electron chi connectivity index (χ0n) is 31.2. The summed E-state index contributed by atoms with van der Waals surface area (Å²) in [5.74, 6) is -0.617. The molecule has 280 valence electrons. The van der Waals surface area contributed by atoms with Crippen LogP contribution >= 0.6 is 0 Å². The Labute approximate surface area is 306 Å². The summed E-state index contributed by atoms with van der Waals surface area (Å²) >= 11 is 0. The third-order valence-corrected chi connectivity index (χ3v) is 10.0. The van der Waals surface area contributed by atoms with Crippen LogP contribution in [0.2, 0.25) is 0 Å². The number of ether oxygens (including phenoxy) is 3. The molecule has 0 saturated carbocycles. The van der Waals surface area contributed by atoms with Gasteiger partial charge < -0.3 is 28.2 Å². The lowest BCUT2D eigenvalue weighted by atomic mass is 10.1. The molecular weight excluding hydrogens is 664 g/mol. The summed E-state index contributed by atoms with van der Waals surface area (Å²) in [4.78, 5) is 29.2. The monoisotopic (exact) mass is 718 g/mol. The molecule has 0 N–H and O–H groups in total. The van der Waals surface area contributed by atoms with E-state index in [1.165, 1.54) is 80.2 Å². The quantitative estimate of drug-likeness (QED) is 0.0759. The van der Waals surface area contributed by atoms with E-state index in [4.69, 9.17) is 14.2 Å². The topological polar surface area (TPSA) is 70.0 Å². The molecule has 0 atom stereocenters. The Hall–Kier alpha value is -4.44. The first kappa shape index (κ1) is 38.8. The molecule has 1 aliphatic heterocycles. The van der Waals surface area contributed by atoms with Gasteiger partial charge in [-0.3, -0.25) is 9.59 Å². The fourth-order valence-electron chi connectivity index (χ4n) is 7.15. The molecule has 1 saturated heterocycles. The van der Waals surface area contributed by atoms with Gasteiger partial charge in [-0.05, 0) is 76.1 Å². The Morgan fingerprint density at radius 3 is 2.17 bits per heavy atom. The first-order valence-electron chi connectivity index (χ1n) is 18.9. The van der Waals surface area contributed by atoms with Crippen LogP contribution in [0.1, 0.15) is 88.4 Å². The van der Waals surface area contributed by atoms with Gasteiger partial charge >= 0.3 is 0 Å². The van der Waals surface area contributed by atoms with Crippen molar-refractivity contribution < 1.29 is 32.3 Å². The van der Waals surface area contributed by atoms with Gasteiger partial charge in [0.05, 0.1) is 58.2 Å². The number of pyridine rings is 1. The lowest BCUT2D eigenvalue weighted by molar-refractivity contribution is -0.914. The maximum absolute atomic E-state index is 14.2. The average Bonchev–Trinajstić information content (AvgIpc) is 3.13. The Kier molecular flexibility index (Phi) is 13.7. The van der Waals surface area contributed by atoms with Gasteiger partial charge in [0.2, 0.25) is 5.43 Å². The van der Waals surface area contributed by atoms with Crippen molar-refractivity contribution in [3.8, 4) is 22.9 Å². The number of methoxy groups -OCH3 is 1. The summed E-state index contributed by atoms with van der Waals surface area (Å²) < 4.78 is 49.1. The number of nitrogens with zero attached hydrogens (tertiary/aromatic N) is 3. The van der Waals surface area contributed by atoms with Crippen LogP contribution in [0.25, 0.3) is 16.6 Å². The van der Waals surface area contributed by atoms with Crippen molar-refractivity contribution in [1.29, 1.82) is 0 Å². The number of rotatable bonds is 18. The highest BCUT2D eigenvalue weighted by Crippen LogP contribution is 2.30. The van der Waals surface area contributed by atoms with Crippen LogP contribution in [0, 0.1) is 11.6 Å². The summed E-state index contributed by atoms with van der Waals surface area (Å²) in [6.45, 7) is 8.76. The molecule has 2 heterocycles. The van der Waals surface area contributed by atoms with Crippen molar-refractivity contribution in [1.82, 2.24) is 4.57 Å². The molecule has 5 rings (SSSR count). The van der Waals surface area contributed by atoms with E-state index in [1.807, 2.05) is 13.0 Å². The molecule has 0 spiro atoms. The summed E-state index contributed by atoms with van der Waals surface area (Å²) in [6.07, 6.45) is 13.4. The second-order valence-corrected chi connectivity index (χ2v) is 14.1. The number of quaternary nitrogens is 1. The predicted octanol–water partition coefficient (Wildman–Crippen LogP) is 9.08. The van der Waals surface area contributed by atoms with Crippen LogP contribution in [0.4, 0.5) is 14.5 Å². The van der Waals surface area contributed by atoms with Gasteiger partial charge in [0.25, 0.3) is 5.91 Å². The number of halogens is 2. The number of amides is 1. The van der Waals surface area contributed by atoms with Gasteiger partial charge in [-0.1, -0.05) is 26.2 Å². The minimum absolute atomic E-state index is 0.0180. The van der Waals surface area contributed by atoms with Crippen LogP contribution in [0.3, 0.4) is 0 Å². The van der Waals surface area contributed by atoms with Crippen LogP contribution < -0.4 is 24.5 Å². The van der Waals surface area contributed by atoms with Crippen LogP contribution in [-0.2, 0) is 0 Å². The van der Waals surface area contributed by atoms with E-state index in [-0.39, 0.29) is 17.8 Å². The molecule has 0 unspecified atom stereocenters. The van der Waals surface area contributed by atoms with Gasteiger partial charge in [-0.2, -0.15) is 0 Å². The molecule has 0 bridgehead atoms. The molecule has 1 fully saturated rings. The second kappa shape index (κ2) is 18.4. The van der Waals surface area contributed by atoms with Gasteiger partial charge in [0, 0.05) is 54.1 Å². The number of likely N-dealkylation sites (tertiary alicyclic amines) is 1. The number of benzene rings is 3. The summed E-state index contributed by atoms with van der Waals surface area (Å²) in [5.41, 5.74) is 0.485. The molecule has 52 heavy (non-hydrogen) atoms. The largest absolute Gasteiger partial charge is 0.497 e. The maximum atomic E-state index is 14.2. The molecule has 4 aromatic rings. The number of carbonyl (C=O) groups is 1. The normalized spacial score (nSPS) is 14.0. The molecule has 1 amide bonds. The number of hydrogen-bond donors (Lipinski definition) is 0. The van der Waals surface area contributed by atoms with Crippen molar-refractivity contribution in [2.45, 2.75) is 78.1 Å². The van der Waals surface area contributed by atoms with Crippen molar-refractivity contribution in [2.24, 2.45) is 0 Å². The third-order valence-electron chi connectivity index (χ3n) is 10.0. The molecule has 3 aromatic carbocycles. The summed E-state index contributed by atoms with van der Waals surface area (Å²) in [5, 5.41) is 0.291. The number of piperidine rings is 1. The highest BCUT2D eigenvalue weighted by atomic mass is 19.1. The van der Waals surface area contributed by atoms with E-state index in [2.05, 4.69) is 7.05 Å². The van der Waals surface area contributed by atoms with Crippen LogP contribution in [0.5, 0.6) is 17.2 Å². The molecule has 10 heteroatoms. The molecule has 1 aliphatic rings. The fourth-order valence-corrected chi connectivity index (χ4v) is 7.15. The summed E-state index contributed by atoms with van der Waals surface area (Å²) in [7, 11) is 3.97. The third kappa shape index (κ3) is 9.91. The van der Waals surface area contributed by atoms with E-state index in [0.717, 1.165) is 37.5 Å². The van der Waals surface area contributed by atoms with Crippen molar-refractivity contribution in [2.75, 3.05) is 58.5 Å². The number of hydrogen-bond acceptors (Lipinski definition) is 5. The van der Waals surface area contributed by atoms with Gasteiger partial charge in [-0.15, -0.1) is 0 Å².